The Morgan fingerprint density at radius 3 is 1.36 bits per heavy atom. The maximum absolute atomic E-state index is 15.1. The van der Waals surface area contributed by atoms with E-state index in [2.05, 4.69) is 16.0 Å². The minimum absolute atomic E-state index is 0.0529. The van der Waals surface area contributed by atoms with Crippen molar-refractivity contribution in [1.29, 1.82) is 0 Å². The predicted molar refractivity (Wildman–Crippen MR) is 335 cm³/mol. The Hall–Kier alpha value is -6.13. The van der Waals surface area contributed by atoms with Crippen molar-refractivity contribution in [1.82, 2.24) is 50.2 Å². The Kier molecular flexibility index (Phi) is 33.1. The summed E-state index contributed by atoms with van der Waals surface area (Å²) in [4.78, 5) is 163. The molecule has 0 bridgehead atoms. The Morgan fingerprint density at radius 2 is 0.942 bits per heavy atom. The molecule has 0 radical (unpaired) electrons. The summed E-state index contributed by atoms with van der Waals surface area (Å²) >= 11 is 0. The number of allylic oxidation sites excluding steroid dienone is 2. The molecule has 23 nitrogen and oxygen atoms in total. The molecule has 494 valence electrons. The van der Waals surface area contributed by atoms with E-state index in [9.17, 15) is 43.5 Å². The van der Waals surface area contributed by atoms with E-state index in [1.807, 2.05) is 62.3 Å². The molecule has 6 N–H and O–H groups in total. The van der Waals surface area contributed by atoms with Crippen LogP contribution in [0.4, 0.5) is 0 Å². The van der Waals surface area contributed by atoms with E-state index in [1.54, 1.807) is 81.5 Å². The molecular formula is C63H115N11O12. The fourth-order valence-corrected chi connectivity index (χ4v) is 10.4. The lowest BCUT2D eigenvalue weighted by Crippen LogP contribution is -2.63. The second kappa shape index (κ2) is 35.6. The molecule has 0 aromatic carbocycles. The first-order chi connectivity index (χ1) is 39.4. The van der Waals surface area contributed by atoms with Gasteiger partial charge in [-0.3, -0.25) is 52.7 Å². The molecule has 0 heterocycles. The SMILES string of the molecule is C/C=C\C[C@@H](C)[C@H](O)C(C(=O)N[C@@H](CC)C(=O)N(C)CC(=O)N(C)[C@H](C(N)=O)C(C)C)N(C)C(=O)[C@@H](C(C)C)N(C)C(=O)[C@@H](CC(C)C)N(C)C(=O)[C@@H](CC(C)C)N(C)C(=O)[C@H](C)NC(=O)[C@@H](CC(C)C)NC(=O)[C@H](C)N(C)C(=O)[C@H](C)C(C)(C)C. The van der Waals surface area contributed by atoms with Crippen LogP contribution in [0.2, 0.25) is 0 Å². The summed E-state index contributed by atoms with van der Waals surface area (Å²) in [6, 6.07) is -10.5. The summed E-state index contributed by atoms with van der Waals surface area (Å²) < 4.78 is 0. The van der Waals surface area contributed by atoms with Crippen LogP contribution in [0.15, 0.2) is 12.2 Å². The number of nitrogens with one attached hydrogen (secondary N) is 3. The van der Waals surface area contributed by atoms with Crippen LogP contribution in [0.25, 0.3) is 0 Å². The third kappa shape index (κ3) is 22.9. The van der Waals surface area contributed by atoms with Crippen LogP contribution in [0, 0.1) is 46.8 Å². The molecule has 0 saturated heterocycles. The van der Waals surface area contributed by atoms with Crippen LogP contribution in [0.5, 0.6) is 0 Å². The fraction of sp³-hybridized carbons (Fsp3) is 0.794. The van der Waals surface area contributed by atoms with Gasteiger partial charge in [0, 0.05) is 55.3 Å². The molecule has 0 aromatic rings. The Labute approximate surface area is 516 Å². The van der Waals surface area contributed by atoms with Gasteiger partial charge >= 0.3 is 0 Å². The van der Waals surface area contributed by atoms with Gasteiger partial charge in [0.2, 0.25) is 65.0 Å². The lowest BCUT2D eigenvalue weighted by Gasteiger charge is -2.41. The van der Waals surface area contributed by atoms with Gasteiger partial charge in [-0.2, -0.15) is 0 Å². The number of likely N-dealkylation sites (N-methyl/N-ethyl adjacent to an activating group) is 7. The van der Waals surface area contributed by atoms with Crippen molar-refractivity contribution >= 4 is 65.0 Å². The molecule has 0 aliphatic rings. The van der Waals surface area contributed by atoms with Crippen LogP contribution in [-0.4, -0.2) is 221 Å². The number of amides is 11. The van der Waals surface area contributed by atoms with Crippen molar-refractivity contribution in [3.8, 4) is 0 Å². The number of nitrogens with two attached hydrogens (primary N) is 1. The average Bonchev–Trinajstić information content (AvgIpc) is 1.55. The summed E-state index contributed by atoms with van der Waals surface area (Å²) in [5.41, 5.74) is 5.22. The van der Waals surface area contributed by atoms with Crippen molar-refractivity contribution in [2.24, 2.45) is 52.6 Å². The van der Waals surface area contributed by atoms with Crippen LogP contribution < -0.4 is 21.7 Å². The molecule has 0 fully saturated rings. The van der Waals surface area contributed by atoms with Gasteiger partial charge in [0.15, 0.2) is 0 Å². The standard InChI is InChI=1S/C63H115N11O12/c1-27-29-30-40(13)52(76)51(56(80)66-44(28-2)59(83)68(20)34-48(75)72(24)49(38(9)10)53(64)77)74(26)62(86)50(39(11)12)73(25)61(85)47(33-37(7)8)71(23)60(84)46(32-36(5)6)70(22)58(82)42(15)65-55(79)45(31-35(3)4)67-54(78)43(16)69(21)57(81)41(14)63(17,18)19/h27,29,35-47,49-52,76H,28,30-34H2,1-26H3,(H2,64,77)(H,65,79)(H,66,80)(H,67,78)/b29-27-/t40-,41+,42+,43+,44+,45-,46-,47-,49+,50-,51?,52+/m1/s1. The van der Waals surface area contributed by atoms with Crippen molar-refractivity contribution in [2.45, 2.75) is 224 Å². The van der Waals surface area contributed by atoms with Gasteiger partial charge in [-0.15, -0.1) is 0 Å². The summed E-state index contributed by atoms with van der Waals surface area (Å²) in [5.74, 6) is -9.01. The number of aliphatic hydroxyl groups is 1. The number of hydrogen-bond acceptors (Lipinski definition) is 12. The zero-order valence-corrected chi connectivity index (χ0v) is 57.4. The van der Waals surface area contributed by atoms with Crippen molar-refractivity contribution in [2.75, 3.05) is 55.9 Å². The quantitative estimate of drug-likeness (QED) is 0.0574. The van der Waals surface area contributed by atoms with Gasteiger partial charge in [0.1, 0.15) is 54.4 Å². The molecule has 0 aliphatic carbocycles. The third-order valence-electron chi connectivity index (χ3n) is 16.5. The molecular weight excluding hydrogens is 1100 g/mol. The van der Waals surface area contributed by atoms with E-state index in [0.29, 0.717) is 6.42 Å². The first-order valence-electron chi connectivity index (χ1n) is 30.7. The smallest absolute Gasteiger partial charge is 0.246 e. The third-order valence-corrected chi connectivity index (χ3v) is 16.5. The molecule has 12 atom stereocenters. The van der Waals surface area contributed by atoms with Crippen LogP contribution in [0.3, 0.4) is 0 Å². The topological polar surface area (TPSA) is 293 Å². The molecule has 23 heteroatoms. The second-order valence-corrected chi connectivity index (χ2v) is 26.9. The first kappa shape index (κ1) is 79.9. The van der Waals surface area contributed by atoms with Gasteiger partial charge in [0.05, 0.1) is 12.6 Å². The van der Waals surface area contributed by atoms with E-state index >= 15 is 14.4 Å². The summed E-state index contributed by atoms with van der Waals surface area (Å²) in [5, 5.41) is 20.3. The predicted octanol–water partition coefficient (Wildman–Crippen LogP) is 3.89. The minimum atomic E-state index is -1.60. The van der Waals surface area contributed by atoms with Gasteiger partial charge in [-0.25, -0.2) is 0 Å². The zero-order chi connectivity index (χ0) is 67.5. The summed E-state index contributed by atoms with van der Waals surface area (Å²) in [7, 11) is 10.0. The van der Waals surface area contributed by atoms with E-state index in [4.69, 9.17) is 5.73 Å². The fourth-order valence-electron chi connectivity index (χ4n) is 10.4. The van der Waals surface area contributed by atoms with Crippen molar-refractivity contribution < 1.29 is 57.8 Å². The largest absolute Gasteiger partial charge is 0.390 e. The highest BCUT2D eigenvalue weighted by molar-refractivity contribution is 5.99. The normalized spacial score (nSPS) is 16.1. The molecule has 86 heavy (non-hydrogen) atoms. The molecule has 0 aromatic heterocycles. The van der Waals surface area contributed by atoms with E-state index in [-0.39, 0.29) is 60.7 Å². The lowest BCUT2D eigenvalue weighted by atomic mass is 9.81. The first-order valence-corrected chi connectivity index (χ1v) is 30.7. The molecule has 1 unspecified atom stereocenters. The number of carbonyl (C=O) groups excluding carboxylic acids is 11. The molecule has 0 aliphatic heterocycles. The van der Waals surface area contributed by atoms with Crippen molar-refractivity contribution in [3.05, 3.63) is 12.2 Å². The minimum Gasteiger partial charge on any atom is -0.390 e. The Balaban J connectivity index is 7.14. The van der Waals surface area contributed by atoms with Crippen molar-refractivity contribution in [3.63, 3.8) is 0 Å². The molecule has 0 saturated carbocycles. The molecule has 11 amide bonds. The number of hydrogen-bond donors (Lipinski definition) is 5. The highest BCUT2D eigenvalue weighted by Crippen LogP contribution is 2.28. The van der Waals surface area contributed by atoms with E-state index in [0.717, 1.165) is 9.80 Å². The average molecular weight is 1220 g/mol. The Bertz CT molecular complexity index is 2340. The number of aliphatic hydroxyl groups excluding tert-OH is 1. The highest BCUT2D eigenvalue weighted by Gasteiger charge is 2.45. The van der Waals surface area contributed by atoms with Crippen LogP contribution in [-0.2, 0) is 52.7 Å². The maximum atomic E-state index is 15.1. The summed E-state index contributed by atoms with van der Waals surface area (Å²) in [6.45, 7) is 33.5. The highest BCUT2D eigenvalue weighted by atomic mass is 16.3. The van der Waals surface area contributed by atoms with Gasteiger partial charge in [-0.05, 0) is 93.8 Å². The van der Waals surface area contributed by atoms with Gasteiger partial charge in [-0.1, -0.05) is 123 Å². The monoisotopic (exact) mass is 1220 g/mol. The lowest BCUT2D eigenvalue weighted by molar-refractivity contribution is -0.157. The Morgan fingerprint density at radius 1 is 0.500 bits per heavy atom. The van der Waals surface area contributed by atoms with E-state index < -0.39 is 144 Å². The number of carbonyl (C=O) groups is 11. The molecule has 0 spiro atoms. The van der Waals surface area contributed by atoms with Gasteiger partial charge in [0.25, 0.3) is 0 Å². The van der Waals surface area contributed by atoms with Crippen LogP contribution in [0.1, 0.15) is 164 Å². The number of rotatable bonds is 34. The molecule has 0 rings (SSSR count). The number of primary amides is 1. The number of nitrogens with zero attached hydrogens (tertiary/aromatic N) is 7. The van der Waals surface area contributed by atoms with E-state index in [1.165, 1.54) is 73.7 Å². The van der Waals surface area contributed by atoms with Gasteiger partial charge < -0.3 is 61.1 Å². The maximum Gasteiger partial charge on any atom is 0.246 e. The van der Waals surface area contributed by atoms with Crippen LogP contribution >= 0.6 is 0 Å². The summed E-state index contributed by atoms with van der Waals surface area (Å²) in [6.07, 6.45) is 2.98. The zero-order valence-electron chi connectivity index (χ0n) is 57.4. The second-order valence-electron chi connectivity index (χ2n) is 26.9.